The van der Waals surface area contributed by atoms with Crippen molar-refractivity contribution < 1.29 is 33.2 Å². The van der Waals surface area contributed by atoms with E-state index in [1.54, 1.807) is 54.6 Å². The standard InChI is InChI=1S/C26H12Cl2O3.C24H10Cl2N2O.C24H13Cl2NO.2C23H16Cl2O/c1-4-7-12-29-24-11-10-20(16-26(24)31-14-9-6-3)23-15-22(19-28)25(17-21(23)18-27)30-13-8-5-2;1-2-3-4-5-6-7-8-9-13-29-24-12-10-11-23(28-24)21-15-19(16-25)14-20(18-27)22(21)17-26;1-3-4-5-6-7-8-9-10-14-28-24-13-11-12-23(27-24)22-16-20(17-25)19(2)15-21(22)18-26;1-3-4-11-26-23-10-9-20(19-7-5-6-8-21(19)23)22-13-17(14-24)16(2)12-18(22)15-25;1-3-4-11-26-23-10-9-19(18-7-5-6-8-20(18)23)21-13-17(14-24)12-16(2)22(21)15-25/h1-3,10-11,15-17H,18-19H2;1,10-12,14-15H,16-17H2;1,11-13,15-16H,17-18H2,2H3;2*1,5-10,12-13H,14-15H2,2H3. The number of hydrogen-bond acceptors (Lipinski definition) is 10. The topological polar surface area (TPSA) is 114 Å². The summed E-state index contributed by atoms with van der Waals surface area (Å²) in [7, 11) is 0. The van der Waals surface area contributed by atoms with Gasteiger partial charge in [0.1, 0.15) is 60.0 Å². The van der Waals surface area contributed by atoms with Gasteiger partial charge in [-0.25, -0.2) is 9.97 Å². The molecule has 2 aromatic heterocycles. The van der Waals surface area contributed by atoms with Gasteiger partial charge in [0.15, 0.2) is 11.5 Å². The summed E-state index contributed by atoms with van der Waals surface area (Å²) in [6.07, 6.45) is 52.7. The van der Waals surface area contributed by atoms with Gasteiger partial charge in [0.05, 0.1) is 28.9 Å². The Labute approximate surface area is 868 Å². The van der Waals surface area contributed by atoms with E-state index in [9.17, 15) is 5.26 Å². The van der Waals surface area contributed by atoms with Crippen LogP contribution < -0.4 is 33.2 Å². The summed E-state index contributed by atoms with van der Waals surface area (Å²) in [5.41, 5.74) is 22.0. The summed E-state index contributed by atoms with van der Waals surface area (Å²) in [6.45, 7) is 6.12. The van der Waals surface area contributed by atoms with Gasteiger partial charge in [-0.3, -0.25) is 0 Å². The van der Waals surface area contributed by atoms with Crippen molar-refractivity contribution >= 4 is 138 Å². The van der Waals surface area contributed by atoms with Crippen molar-refractivity contribution in [1.29, 1.82) is 5.26 Å². The highest BCUT2D eigenvalue weighted by Gasteiger charge is 2.21. The van der Waals surface area contributed by atoms with Crippen LogP contribution in [0.2, 0.25) is 0 Å². The molecule has 0 N–H and O–H groups in total. The second-order valence-electron chi connectivity index (χ2n) is 27.6. The SMILES string of the molecule is C#CC#CC#CC#CC#COc1cccc(-c2cc(CCl)c(C)cc2CCl)n1.C#CC#CC#CC#CC#COc1cccc(-c2cc(CCl)cc(C#N)c2CCl)n1.C#CC#COc1cc(CCl)c(-c2ccc(OC#CC#C)c(OC#CC#C)c2)cc1CCl.C#CC#COc1ccc(-c2cc(CCl)c(C)cc2CCl)c2ccccc12.C#CC#COc1ccc(-c2cc(CCl)cc(C)c2CCl)c2ccccc12. The molecule has 0 aliphatic heterocycles. The van der Waals surface area contributed by atoms with Gasteiger partial charge in [0.25, 0.3) is 0 Å². The molecular formula is C120H67Cl10N3O7. The van der Waals surface area contributed by atoms with Crippen LogP contribution in [0.3, 0.4) is 0 Å². The van der Waals surface area contributed by atoms with Gasteiger partial charge in [-0.2, -0.15) is 5.26 Å². The molecule has 2 heterocycles. The van der Waals surface area contributed by atoms with E-state index in [0.717, 1.165) is 133 Å². The molecule has 0 fully saturated rings. The fourth-order valence-corrected chi connectivity index (χ4v) is 15.4. The number of rotatable bonds is 22. The molecule has 0 saturated heterocycles. The van der Waals surface area contributed by atoms with Crippen LogP contribution in [-0.4, -0.2) is 9.97 Å². The average Bonchev–Trinajstić information content (AvgIpc) is 0.773. The molecule has 12 rings (SSSR count). The number of hydrogen-bond donors (Lipinski definition) is 0. The fraction of sp³-hybridized carbons (Fsp3) is 0.108. The summed E-state index contributed by atoms with van der Waals surface area (Å²) < 4.78 is 37.8. The van der Waals surface area contributed by atoms with Gasteiger partial charge in [0, 0.05) is 169 Å². The van der Waals surface area contributed by atoms with Crippen molar-refractivity contribution in [2.24, 2.45) is 0 Å². The minimum absolute atomic E-state index is 0.162. The predicted molar refractivity (Wildman–Crippen MR) is 572 cm³/mol. The Hall–Kier alpha value is -16.8. The van der Waals surface area contributed by atoms with Crippen LogP contribution in [0.4, 0.5) is 0 Å². The maximum Gasteiger partial charge on any atom is 0.231 e. The largest absolute Gasteiger partial charge is 0.406 e. The highest BCUT2D eigenvalue weighted by molar-refractivity contribution is 6.21. The first kappa shape index (κ1) is 109. The van der Waals surface area contributed by atoms with Gasteiger partial charge >= 0.3 is 0 Å². The Morgan fingerprint density at radius 1 is 0.250 bits per heavy atom. The van der Waals surface area contributed by atoms with Crippen LogP contribution in [0.5, 0.6) is 40.5 Å². The van der Waals surface area contributed by atoms with Crippen molar-refractivity contribution in [2.75, 3.05) is 0 Å². The van der Waals surface area contributed by atoms with Crippen molar-refractivity contribution in [2.45, 2.75) is 79.6 Å². The van der Waals surface area contributed by atoms with E-state index in [1.807, 2.05) is 104 Å². The molecule has 0 amide bonds. The van der Waals surface area contributed by atoms with Gasteiger partial charge < -0.3 is 33.2 Å². The van der Waals surface area contributed by atoms with E-state index in [2.05, 4.69) is 263 Å². The van der Waals surface area contributed by atoms with Gasteiger partial charge in [-0.05, 0) is 300 Å². The lowest BCUT2D eigenvalue weighted by Crippen LogP contribution is -1.97. The van der Waals surface area contributed by atoms with Crippen LogP contribution in [0, 0.1) is 274 Å². The molecule has 0 bridgehead atoms. The third-order valence-corrected chi connectivity index (χ3v) is 22.0. The molecule has 674 valence electrons. The maximum atomic E-state index is 9.39. The predicted octanol–water partition coefficient (Wildman–Crippen LogP) is 25.9. The van der Waals surface area contributed by atoms with Crippen molar-refractivity contribution in [1.82, 2.24) is 9.97 Å². The zero-order valence-electron chi connectivity index (χ0n) is 74.5. The Morgan fingerprint density at radius 3 is 1.07 bits per heavy atom. The third kappa shape index (κ3) is 32.2. The number of benzene rings is 10. The second-order valence-corrected chi connectivity index (χ2v) is 30.2. The van der Waals surface area contributed by atoms with Crippen LogP contribution in [0.1, 0.15) is 77.9 Å². The van der Waals surface area contributed by atoms with Crippen molar-refractivity contribution in [3.05, 3.63) is 266 Å². The smallest absolute Gasteiger partial charge is 0.231 e. The van der Waals surface area contributed by atoms with Gasteiger partial charge in [-0.1, -0.05) is 84.9 Å². The maximum absolute atomic E-state index is 9.39. The molecule has 0 spiro atoms. The van der Waals surface area contributed by atoms with Crippen molar-refractivity contribution in [3.63, 3.8) is 0 Å². The fourth-order valence-electron chi connectivity index (χ4n) is 13.0. The monoisotopic (exact) mass is 2010 g/mol. The molecule has 0 aliphatic carbocycles. The minimum Gasteiger partial charge on any atom is -0.406 e. The molecule has 0 unspecified atom stereocenters. The molecule has 0 aliphatic rings. The number of alkyl halides is 10. The minimum atomic E-state index is 0.162. The number of nitriles is 1. The number of ether oxygens (including phenoxy) is 7. The third-order valence-electron chi connectivity index (χ3n) is 19.1. The molecule has 140 heavy (non-hydrogen) atoms. The van der Waals surface area contributed by atoms with E-state index < -0.39 is 0 Å². The highest BCUT2D eigenvalue weighted by Crippen LogP contribution is 2.43. The number of fused-ring (bicyclic) bond motifs is 2. The lowest BCUT2D eigenvalue weighted by atomic mass is 9.91. The highest BCUT2D eigenvalue weighted by atomic mass is 35.5. The van der Waals surface area contributed by atoms with E-state index >= 15 is 0 Å². The Balaban J connectivity index is 0.000000215. The molecule has 12 aromatic rings. The van der Waals surface area contributed by atoms with Gasteiger partial charge in [0.2, 0.25) is 11.8 Å². The van der Waals surface area contributed by atoms with Crippen LogP contribution in [0.15, 0.2) is 188 Å². The second kappa shape index (κ2) is 60.5. The van der Waals surface area contributed by atoms with Crippen LogP contribution >= 0.6 is 116 Å². The Kier molecular flexibility index (Phi) is 46.9. The summed E-state index contributed by atoms with van der Waals surface area (Å²) >= 11 is 61.1. The average molecular weight is 2020 g/mol. The summed E-state index contributed by atoms with van der Waals surface area (Å²) in [5.74, 6) is 68.3. The van der Waals surface area contributed by atoms with Crippen LogP contribution in [0.25, 0.3) is 77.4 Å². The molecule has 20 heteroatoms. The first-order valence-electron chi connectivity index (χ1n) is 40.7. The quantitative estimate of drug-likeness (QED) is 0.0480. The lowest BCUT2D eigenvalue weighted by molar-refractivity contribution is 0.452. The van der Waals surface area contributed by atoms with E-state index in [1.165, 1.54) is 0 Å². The number of pyridine rings is 2. The summed E-state index contributed by atoms with van der Waals surface area (Å²) in [5, 5.41) is 13.4. The molecule has 0 saturated carbocycles. The number of aromatic nitrogens is 2. The number of aryl methyl sites for hydroxylation is 3. The van der Waals surface area contributed by atoms with E-state index in [4.69, 9.17) is 194 Å². The Bertz CT molecular complexity index is 8020. The molecule has 10 nitrogen and oxygen atoms in total. The zero-order chi connectivity index (χ0) is 101. The normalized spacial score (nSPS) is 8.95. The lowest BCUT2D eigenvalue weighted by Gasteiger charge is -2.16. The van der Waals surface area contributed by atoms with E-state index in [-0.39, 0.29) is 29.4 Å². The molecule has 0 radical (unpaired) electrons. The van der Waals surface area contributed by atoms with E-state index in [0.29, 0.717) is 92.3 Å². The van der Waals surface area contributed by atoms with Gasteiger partial charge in [-0.15, -0.1) is 161 Å². The zero-order valence-corrected chi connectivity index (χ0v) is 82.0. The number of terminal acetylenes is 7. The number of nitrogens with zero attached hydrogens (tertiary/aromatic N) is 3. The summed E-state index contributed by atoms with van der Waals surface area (Å²) in [6, 6.07) is 61.5. The molecule has 0 atom stereocenters. The molecular weight excluding hydrogens is 1950 g/mol. The molecule has 10 aromatic carbocycles. The Morgan fingerprint density at radius 2 is 0.621 bits per heavy atom. The first-order valence-corrected chi connectivity index (χ1v) is 46.0. The summed E-state index contributed by atoms with van der Waals surface area (Å²) in [4.78, 5) is 8.91. The number of halogens is 10. The first-order chi connectivity index (χ1) is 68.5. The van der Waals surface area contributed by atoms with Crippen molar-refractivity contribution in [3.8, 4) is 344 Å². The van der Waals surface area contributed by atoms with Crippen LogP contribution in [-0.2, 0) is 58.8 Å².